The van der Waals surface area contributed by atoms with E-state index >= 15 is 0 Å². The smallest absolute Gasteiger partial charge is 0.260 e. The number of anilines is 1. The van der Waals surface area contributed by atoms with Crippen LogP contribution in [0.3, 0.4) is 0 Å². The predicted molar refractivity (Wildman–Crippen MR) is 130 cm³/mol. The summed E-state index contributed by atoms with van der Waals surface area (Å²) in [5.74, 6) is 2.74. The maximum Gasteiger partial charge on any atom is 0.260 e. The number of carbonyl (C=O) groups excluding carboxylic acids is 1. The van der Waals surface area contributed by atoms with Crippen molar-refractivity contribution in [1.29, 1.82) is 5.26 Å². The molecule has 2 heterocycles. The van der Waals surface area contributed by atoms with E-state index in [-0.39, 0.29) is 18.2 Å². The van der Waals surface area contributed by atoms with Crippen LogP contribution in [0.2, 0.25) is 0 Å². The minimum Gasteiger partial charge on any atom is -0.497 e. The maximum absolute atomic E-state index is 12.6. The average Bonchev–Trinajstić information content (AvgIpc) is 3.34. The highest BCUT2D eigenvalue weighted by Gasteiger charge is 2.26. The average molecular weight is 475 g/mol. The molecule has 180 valence electrons. The van der Waals surface area contributed by atoms with Crippen molar-refractivity contribution in [3.63, 3.8) is 0 Å². The summed E-state index contributed by atoms with van der Waals surface area (Å²) in [4.78, 5) is 20.6. The molecule has 0 N–H and O–H groups in total. The molecule has 1 aromatic heterocycles. The Bertz CT molecular complexity index is 1220. The Labute approximate surface area is 203 Å². The van der Waals surface area contributed by atoms with Crippen molar-refractivity contribution < 1.29 is 23.4 Å². The second-order valence-electron chi connectivity index (χ2n) is 7.76. The number of nitriles is 1. The second kappa shape index (κ2) is 11.1. The number of ether oxygens (including phenoxy) is 3. The number of aromatic nitrogens is 1. The lowest BCUT2D eigenvalue weighted by molar-refractivity contribution is -0.133. The van der Waals surface area contributed by atoms with E-state index in [1.54, 1.807) is 49.5 Å². The van der Waals surface area contributed by atoms with E-state index in [1.807, 2.05) is 35.2 Å². The molecule has 0 spiro atoms. The van der Waals surface area contributed by atoms with E-state index in [1.165, 1.54) is 0 Å². The second-order valence-corrected chi connectivity index (χ2v) is 7.76. The van der Waals surface area contributed by atoms with Crippen molar-refractivity contribution in [3.05, 3.63) is 65.7 Å². The van der Waals surface area contributed by atoms with Crippen LogP contribution in [-0.2, 0) is 4.79 Å². The fourth-order valence-electron chi connectivity index (χ4n) is 3.67. The number of oxazole rings is 1. The minimum atomic E-state index is -0.0968. The molecule has 1 saturated heterocycles. The van der Waals surface area contributed by atoms with Gasteiger partial charge in [-0.25, -0.2) is 0 Å². The number of carbonyl (C=O) groups is 1. The van der Waals surface area contributed by atoms with Crippen molar-refractivity contribution in [2.45, 2.75) is 0 Å². The van der Waals surface area contributed by atoms with Crippen LogP contribution in [0.15, 0.2) is 52.9 Å². The van der Waals surface area contributed by atoms with Gasteiger partial charge >= 0.3 is 0 Å². The fourth-order valence-corrected chi connectivity index (χ4v) is 3.67. The van der Waals surface area contributed by atoms with Crippen LogP contribution < -0.4 is 19.1 Å². The molecule has 4 rings (SSSR count). The first-order valence-corrected chi connectivity index (χ1v) is 11.1. The number of amides is 1. The van der Waals surface area contributed by atoms with Gasteiger partial charge in [0.15, 0.2) is 6.61 Å². The van der Waals surface area contributed by atoms with Crippen LogP contribution in [0.25, 0.3) is 12.2 Å². The summed E-state index contributed by atoms with van der Waals surface area (Å²) >= 11 is 0. The van der Waals surface area contributed by atoms with Crippen LogP contribution in [0.1, 0.15) is 17.1 Å². The minimum absolute atomic E-state index is 0.0443. The topological polar surface area (TPSA) is 101 Å². The number of rotatable bonds is 8. The Hall–Kier alpha value is -4.45. The molecule has 0 atom stereocenters. The molecule has 35 heavy (non-hydrogen) atoms. The van der Waals surface area contributed by atoms with Gasteiger partial charge in [-0.05, 0) is 48.0 Å². The van der Waals surface area contributed by atoms with E-state index in [0.717, 1.165) is 17.1 Å². The molecule has 9 heteroatoms. The largest absolute Gasteiger partial charge is 0.497 e. The summed E-state index contributed by atoms with van der Waals surface area (Å²) in [5, 5.41) is 9.54. The van der Waals surface area contributed by atoms with Gasteiger partial charge in [0.25, 0.3) is 5.91 Å². The standard InChI is InChI=1S/C26H26N4O5/c1-32-20-7-9-21(10-8-20)34-18-25(31)29-12-14-30(15-13-29)26-23(17-27)28-24(35-26)11-6-19-4-3-5-22(16-19)33-2/h3-11,16H,12-15,18H2,1-2H3/b11-6+. The molecule has 1 aliphatic rings. The van der Waals surface area contributed by atoms with Gasteiger partial charge in [0.05, 0.1) is 14.2 Å². The SMILES string of the molecule is COc1ccc(OCC(=O)N2CCN(c3oc(/C=C/c4cccc(OC)c4)nc3C#N)CC2)cc1. The lowest BCUT2D eigenvalue weighted by Crippen LogP contribution is -2.50. The van der Waals surface area contributed by atoms with Gasteiger partial charge in [-0.2, -0.15) is 10.2 Å². The van der Waals surface area contributed by atoms with E-state index in [4.69, 9.17) is 18.6 Å². The van der Waals surface area contributed by atoms with Crippen molar-refractivity contribution in [2.24, 2.45) is 0 Å². The molecular formula is C26H26N4O5. The van der Waals surface area contributed by atoms with E-state index < -0.39 is 0 Å². The van der Waals surface area contributed by atoms with Gasteiger partial charge in [-0.15, -0.1) is 0 Å². The zero-order chi connectivity index (χ0) is 24.6. The third kappa shape index (κ3) is 5.92. The van der Waals surface area contributed by atoms with Crippen LogP contribution in [-0.4, -0.2) is 62.8 Å². The highest BCUT2D eigenvalue weighted by atomic mass is 16.5. The van der Waals surface area contributed by atoms with E-state index in [2.05, 4.69) is 11.1 Å². The predicted octanol–water partition coefficient (Wildman–Crippen LogP) is 3.46. The Morgan fingerprint density at radius 2 is 1.74 bits per heavy atom. The molecule has 1 aliphatic heterocycles. The van der Waals surface area contributed by atoms with Gasteiger partial charge in [0, 0.05) is 32.3 Å². The van der Waals surface area contributed by atoms with Crippen molar-refractivity contribution in [3.8, 4) is 23.3 Å². The first-order chi connectivity index (χ1) is 17.1. The third-order valence-electron chi connectivity index (χ3n) is 5.59. The summed E-state index contributed by atoms with van der Waals surface area (Å²) in [7, 11) is 3.21. The molecule has 3 aromatic rings. The number of nitrogens with zero attached hydrogens (tertiary/aromatic N) is 4. The Balaban J connectivity index is 1.33. The number of benzene rings is 2. The number of methoxy groups -OCH3 is 2. The normalized spacial score (nSPS) is 13.5. The molecule has 0 radical (unpaired) electrons. The number of hydrogen-bond acceptors (Lipinski definition) is 8. The first kappa shape index (κ1) is 23.7. The summed E-state index contributed by atoms with van der Waals surface area (Å²) in [6.07, 6.45) is 3.56. The third-order valence-corrected chi connectivity index (χ3v) is 5.59. The van der Waals surface area contributed by atoms with Gasteiger partial charge in [0.2, 0.25) is 17.5 Å². The van der Waals surface area contributed by atoms with Crippen LogP contribution in [0.5, 0.6) is 17.2 Å². The lowest BCUT2D eigenvalue weighted by Gasteiger charge is -2.34. The first-order valence-electron chi connectivity index (χ1n) is 11.1. The van der Waals surface area contributed by atoms with Gasteiger partial charge in [-0.1, -0.05) is 12.1 Å². The molecule has 1 fully saturated rings. The van der Waals surface area contributed by atoms with Crippen molar-refractivity contribution in [1.82, 2.24) is 9.88 Å². The van der Waals surface area contributed by atoms with E-state index in [9.17, 15) is 10.1 Å². The fraction of sp³-hybridized carbons (Fsp3) is 0.269. The van der Waals surface area contributed by atoms with E-state index in [0.29, 0.717) is 43.7 Å². The van der Waals surface area contributed by atoms with Crippen LogP contribution in [0.4, 0.5) is 5.88 Å². The molecular weight excluding hydrogens is 448 g/mol. The zero-order valence-electron chi connectivity index (χ0n) is 19.6. The lowest BCUT2D eigenvalue weighted by atomic mass is 10.2. The van der Waals surface area contributed by atoms with Crippen molar-refractivity contribution >= 4 is 23.9 Å². The summed E-state index contributed by atoms with van der Waals surface area (Å²) in [5.41, 5.74) is 1.14. The number of hydrogen-bond donors (Lipinski definition) is 0. The zero-order valence-corrected chi connectivity index (χ0v) is 19.6. The maximum atomic E-state index is 12.6. The summed E-state index contributed by atoms with van der Waals surface area (Å²) in [6.45, 7) is 1.99. The molecule has 9 nitrogen and oxygen atoms in total. The highest BCUT2D eigenvalue weighted by molar-refractivity contribution is 5.78. The molecule has 1 amide bonds. The molecule has 0 unspecified atom stereocenters. The molecule has 0 bridgehead atoms. The monoisotopic (exact) mass is 474 g/mol. The summed E-state index contributed by atoms with van der Waals surface area (Å²) in [6, 6.07) is 16.8. The molecule has 0 saturated carbocycles. The van der Waals surface area contributed by atoms with Crippen molar-refractivity contribution in [2.75, 3.05) is 51.9 Å². The Morgan fingerprint density at radius 3 is 2.43 bits per heavy atom. The molecule has 0 aliphatic carbocycles. The summed E-state index contributed by atoms with van der Waals surface area (Å²) < 4.78 is 21.8. The highest BCUT2D eigenvalue weighted by Crippen LogP contribution is 2.25. The Kier molecular flexibility index (Phi) is 7.53. The van der Waals surface area contributed by atoms with Gasteiger partial charge in [0.1, 0.15) is 23.3 Å². The molecule has 2 aromatic carbocycles. The van der Waals surface area contributed by atoms with Crippen LogP contribution in [0, 0.1) is 11.3 Å². The van der Waals surface area contributed by atoms with Gasteiger partial charge in [-0.3, -0.25) is 4.79 Å². The van der Waals surface area contributed by atoms with Gasteiger partial charge < -0.3 is 28.4 Å². The van der Waals surface area contributed by atoms with Crippen LogP contribution >= 0.6 is 0 Å². The quantitative estimate of drug-likeness (QED) is 0.489. The number of piperazine rings is 1. The Morgan fingerprint density at radius 1 is 1.03 bits per heavy atom.